The van der Waals surface area contributed by atoms with Gasteiger partial charge < -0.3 is 4.74 Å². The first-order valence-electron chi connectivity index (χ1n) is 6.98. The van der Waals surface area contributed by atoms with E-state index in [1.165, 1.54) is 11.3 Å². The van der Waals surface area contributed by atoms with Crippen molar-refractivity contribution in [2.24, 2.45) is 0 Å². The van der Waals surface area contributed by atoms with E-state index in [-0.39, 0.29) is 5.91 Å². The van der Waals surface area contributed by atoms with Crippen LogP contribution in [0.2, 0.25) is 0 Å². The van der Waals surface area contributed by atoms with Crippen LogP contribution in [0.25, 0.3) is 0 Å². The summed E-state index contributed by atoms with van der Waals surface area (Å²) >= 11 is 2.99. The molecular weight excluding hydrogens is 318 g/mol. The summed E-state index contributed by atoms with van der Waals surface area (Å²) in [6.07, 6.45) is -0.605. The number of carbonyl (C=O) groups is 1. The second-order valence-electron chi connectivity index (χ2n) is 5.11. The van der Waals surface area contributed by atoms with Crippen molar-refractivity contribution in [2.45, 2.75) is 43.4 Å². The van der Waals surface area contributed by atoms with Crippen molar-refractivity contribution in [1.82, 2.24) is 10.2 Å². The maximum Gasteiger partial charge on any atom is 0.266 e. The Hall–Kier alpha value is -1.60. The zero-order valence-corrected chi connectivity index (χ0v) is 14.6. The standard InChI is InChI=1S/C15H19N3O2S2/c1-9(2)21-15-18-17-14(22-15)16-13(19)11(4)20-12-7-5-6-10(3)8-12/h5-9,11H,1-4H3,(H,16,17,19)/t11-/m1/s1. The van der Waals surface area contributed by atoms with Gasteiger partial charge >= 0.3 is 0 Å². The minimum absolute atomic E-state index is 0.237. The molecule has 0 radical (unpaired) electrons. The number of nitrogens with zero attached hydrogens (tertiary/aromatic N) is 2. The van der Waals surface area contributed by atoms with E-state index < -0.39 is 6.10 Å². The van der Waals surface area contributed by atoms with Gasteiger partial charge in [-0.1, -0.05) is 49.1 Å². The van der Waals surface area contributed by atoms with Gasteiger partial charge in [-0.3, -0.25) is 10.1 Å². The molecular formula is C15H19N3O2S2. The molecule has 0 aliphatic carbocycles. The summed E-state index contributed by atoms with van der Waals surface area (Å²) in [5, 5.41) is 11.7. The molecule has 2 rings (SSSR count). The number of anilines is 1. The van der Waals surface area contributed by atoms with E-state index in [2.05, 4.69) is 29.4 Å². The van der Waals surface area contributed by atoms with Gasteiger partial charge in [0.05, 0.1) is 0 Å². The molecule has 7 heteroatoms. The van der Waals surface area contributed by atoms with E-state index in [0.29, 0.717) is 16.1 Å². The van der Waals surface area contributed by atoms with Gasteiger partial charge in [-0.2, -0.15) is 0 Å². The molecule has 1 amide bonds. The van der Waals surface area contributed by atoms with Gasteiger partial charge in [-0.25, -0.2) is 0 Å². The van der Waals surface area contributed by atoms with Crippen molar-refractivity contribution in [3.8, 4) is 5.75 Å². The van der Waals surface area contributed by atoms with Crippen molar-refractivity contribution in [2.75, 3.05) is 5.32 Å². The van der Waals surface area contributed by atoms with Gasteiger partial charge in [0.25, 0.3) is 5.91 Å². The van der Waals surface area contributed by atoms with Crippen LogP contribution in [-0.4, -0.2) is 27.5 Å². The fraction of sp³-hybridized carbons (Fsp3) is 0.400. The van der Waals surface area contributed by atoms with E-state index in [9.17, 15) is 4.79 Å². The molecule has 0 aliphatic heterocycles. The largest absolute Gasteiger partial charge is 0.481 e. The summed E-state index contributed by atoms with van der Waals surface area (Å²) in [4.78, 5) is 12.1. The maximum absolute atomic E-state index is 12.1. The zero-order chi connectivity index (χ0) is 16.1. The monoisotopic (exact) mass is 337 g/mol. The third kappa shape index (κ3) is 4.99. The summed E-state index contributed by atoms with van der Waals surface area (Å²) in [7, 11) is 0. The summed E-state index contributed by atoms with van der Waals surface area (Å²) in [6.45, 7) is 7.86. The van der Waals surface area contributed by atoms with Crippen molar-refractivity contribution in [1.29, 1.82) is 0 Å². The number of nitrogens with one attached hydrogen (secondary N) is 1. The lowest BCUT2D eigenvalue weighted by Crippen LogP contribution is -2.30. The van der Waals surface area contributed by atoms with Crippen LogP contribution in [0.15, 0.2) is 28.6 Å². The van der Waals surface area contributed by atoms with E-state index in [1.807, 2.05) is 31.2 Å². The third-order valence-corrected chi connectivity index (χ3v) is 4.57. The molecule has 1 N–H and O–H groups in total. The van der Waals surface area contributed by atoms with E-state index in [4.69, 9.17) is 4.74 Å². The SMILES string of the molecule is Cc1cccc(O[C@H](C)C(=O)Nc2nnc(SC(C)C)s2)c1. The minimum Gasteiger partial charge on any atom is -0.481 e. The Labute approximate surface area is 138 Å². The Morgan fingerprint density at radius 2 is 2.09 bits per heavy atom. The average Bonchev–Trinajstić information content (AvgIpc) is 2.85. The smallest absolute Gasteiger partial charge is 0.266 e. The van der Waals surface area contributed by atoms with Crippen molar-refractivity contribution < 1.29 is 9.53 Å². The molecule has 1 heterocycles. The maximum atomic E-state index is 12.1. The van der Waals surface area contributed by atoms with Crippen molar-refractivity contribution >= 4 is 34.1 Å². The number of ether oxygens (including phenoxy) is 1. The quantitative estimate of drug-likeness (QED) is 0.642. The van der Waals surface area contributed by atoms with Crippen LogP contribution >= 0.6 is 23.1 Å². The molecule has 0 unspecified atom stereocenters. The second-order valence-corrected chi connectivity index (χ2v) is 7.91. The number of aromatic nitrogens is 2. The van der Waals surface area contributed by atoms with Crippen LogP contribution in [-0.2, 0) is 4.79 Å². The molecule has 1 aromatic heterocycles. The fourth-order valence-electron chi connectivity index (χ4n) is 1.66. The number of benzene rings is 1. The molecule has 5 nitrogen and oxygen atoms in total. The van der Waals surface area contributed by atoms with E-state index in [1.54, 1.807) is 18.7 Å². The predicted octanol–water partition coefficient (Wildman–Crippen LogP) is 3.75. The molecule has 2 aromatic rings. The Morgan fingerprint density at radius 1 is 1.32 bits per heavy atom. The molecule has 0 aliphatic rings. The average molecular weight is 337 g/mol. The van der Waals surface area contributed by atoms with Gasteiger partial charge in [0.15, 0.2) is 10.4 Å². The number of amides is 1. The molecule has 0 saturated heterocycles. The minimum atomic E-state index is -0.605. The summed E-state index contributed by atoms with van der Waals surface area (Å²) in [5.41, 5.74) is 1.09. The highest BCUT2D eigenvalue weighted by molar-refractivity contribution is 8.01. The van der Waals surface area contributed by atoms with Crippen molar-refractivity contribution in [3.05, 3.63) is 29.8 Å². The highest BCUT2D eigenvalue weighted by atomic mass is 32.2. The second kappa shape index (κ2) is 7.60. The number of aryl methyl sites for hydroxylation is 1. The topological polar surface area (TPSA) is 64.1 Å². The first kappa shape index (κ1) is 16.8. The molecule has 0 saturated carbocycles. The van der Waals surface area contributed by atoms with E-state index in [0.717, 1.165) is 9.90 Å². The van der Waals surface area contributed by atoms with Gasteiger partial charge in [0.2, 0.25) is 5.13 Å². The first-order valence-corrected chi connectivity index (χ1v) is 8.68. The van der Waals surface area contributed by atoms with Crippen LogP contribution in [0.4, 0.5) is 5.13 Å². The number of hydrogen-bond acceptors (Lipinski definition) is 6. The lowest BCUT2D eigenvalue weighted by atomic mass is 10.2. The zero-order valence-electron chi connectivity index (χ0n) is 13.0. The normalized spacial score (nSPS) is 12.2. The Balaban J connectivity index is 1.92. The summed E-state index contributed by atoms with van der Waals surface area (Å²) < 4.78 is 6.48. The molecule has 0 spiro atoms. The van der Waals surface area contributed by atoms with Gasteiger partial charge in [-0.15, -0.1) is 10.2 Å². The summed E-state index contributed by atoms with van der Waals surface area (Å²) in [5.74, 6) is 0.440. The molecule has 1 aromatic carbocycles. The van der Waals surface area contributed by atoms with Gasteiger partial charge in [-0.05, 0) is 31.5 Å². The first-order chi connectivity index (χ1) is 10.4. The molecule has 0 bridgehead atoms. The third-order valence-electron chi connectivity index (χ3n) is 2.64. The number of rotatable bonds is 6. The Morgan fingerprint density at radius 3 is 2.77 bits per heavy atom. The van der Waals surface area contributed by atoms with Crippen LogP contribution in [0.1, 0.15) is 26.3 Å². The molecule has 22 heavy (non-hydrogen) atoms. The van der Waals surface area contributed by atoms with Gasteiger partial charge in [0.1, 0.15) is 5.75 Å². The molecule has 0 fully saturated rings. The lowest BCUT2D eigenvalue weighted by molar-refractivity contribution is -0.122. The lowest BCUT2D eigenvalue weighted by Gasteiger charge is -2.13. The fourth-order valence-corrected chi connectivity index (χ4v) is 3.64. The predicted molar refractivity (Wildman–Crippen MR) is 90.8 cm³/mol. The number of thioether (sulfide) groups is 1. The summed E-state index contributed by atoms with van der Waals surface area (Å²) in [6, 6.07) is 7.60. The molecule has 1 atom stereocenters. The Bertz CT molecular complexity index is 643. The Kier molecular flexibility index (Phi) is 5.79. The number of carbonyl (C=O) groups excluding carboxylic acids is 1. The van der Waals surface area contributed by atoms with Crippen LogP contribution in [0.3, 0.4) is 0 Å². The molecule has 118 valence electrons. The highest BCUT2D eigenvalue weighted by Gasteiger charge is 2.17. The van der Waals surface area contributed by atoms with E-state index >= 15 is 0 Å². The van der Waals surface area contributed by atoms with Crippen LogP contribution < -0.4 is 10.1 Å². The van der Waals surface area contributed by atoms with Crippen molar-refractivity contribution in [3.63, 3.8) is 0 Å². The van der Waals surface area contributed by atoms with Crippen LogP contribution in [0.5, 0.6) is 5.75 Å². The van der Waals surface area contributed by atoms with Crippen LogP contribution in [0, 0.1) is 6.92 Å². The van der Waals surface area contributed by atoms with Gasteiger partial charge in [0, 0.05) is 5.25 Å². The highest BCUT2D eigenvalue weighted by Crippen LogP contribution is 2.28. The number of hydrogen-bond donors (Lipinski definition) is 1.